The highest BCUT2D eigenvalue weighted by molar-refractivity contribution is 5.91. The number of carbonyl (C=O) groups is 2. The molecule has 0 unspecified atom stereocenters. The summed E-state index contributed by atoms with van der Waals surface area (Å²) in [6.07, 6.45) is -2.96. The topological polar surface area (TPSA) is 77.8 Å². The van der Waals surface area contributed by atoms with Gasteiger partial charge in [0.05, 0.1) is 12.8 Å². The second-order valence-corrected chi connectivity index (χ2v) is 5.74. The number of nitrogens with one attached hydrogen (secondary N) is 2. The van der Waals surface area contributed by atoms with Gasteiger partial charge in [0.25, 0.3) is 5.91 Å². The van der Waals surface area contributed by atoms with Crippen molar-refractivity contribution in [3.05, 3.63) is 24.2 Å². The normalized spacial score (nSPS) is 16.6. The number of hydrogen-bond donors (Lipinski definition) is 2. The van der Waals surface area contributed by atoms with Crippen molar-refractivity contribution in [3.8, 4) is 0 Å². The summed E-state index contributed by atoms with van der Waals surface area (Å²) in [6, 6.07) is 3.22. The molecule has 7 nitrogen and oxygen atoms in total. The van der Waals surface area contributed by atoms with Crippen molar-refractivity contribution < 1.29 is 27.2 Å². The zero-order valence-electron chi connectivity index (χ0n) is 13.6. The molecule has 1 fully saturated rings. The molecule has 0 aromatic carbocycles. The molecule has 0 bridgehead atoms. The Labute approximate surface area is 143 Å². The number of hydrogen-bond acceptors (Lipinski definition) is 5. The summed E-state index contributed by atoms with van der Waals surface area (Å²) < 4.78 is 41.1. The van der Waals surface area contributed by atoms with Gasteiger partial charge in [-0.15, -0.1) is 0 Å². The summed E-state index contributed by atoms with van der Waals surface area (Å²) in [5.74, 6) is -0.642. The van der Waals surface area contributed by atoms with E-state index in [-0.39, 0.29) is 18.2 Å². The van der Waals surface area contributed by atoms with Crippen LogP contribution in [0.25, 0.3) is 0 Å². The van der Waals surface area contributed by atoms with Crippen molar-refractivity contribution in [3.63, 3.8) is 0 Å². The number of nitrogens with zero attached hydrogens (tertiary/aromatic N) is 2. The van der Waals surface area contributed by atoms with Crippen molar-refractivity contribution in [1.82, 2.24) is 20.4 Å². The van der Waals surface area contributed by atoms with Gasteiger partial charge in [-0.25, -0.2) is 0 Å². The Bertz CT molecular complexity index is 555. The zero-order valence-corrected chi connectivity index (χ0v) is 13.6. The van der Waals surface area contributed by atoms with Gasteiger partial charge in [0, 0.05) is 39.3 Å². The van der Waals surface area contributed by atoms with Crippen LogP contribution in [0.15, 0.2) is 22.8 Å². The van der Waals surface area contributed by atoms with Crippen molar-refractivity contribution in [2.24, 2.45) is 0 Å². The molecule has 2 N–H and O–H groups in total. The lowest BCUT2D eigenvalue weighted by Gasteiger charge is -2.34. The van der Waals surface area contributed by atoms with E-state index >= 15 is 0 Å². The number of furan rings is 1. The van der Waals surface area contributed by atoms with E-state index in [4.69, 9.17) is 4.42 Å². The molecule has 0 radical (unpaired) electrons. The largest absolute Gasteiger partial charge is 0.459 e. The van der Waals surface area contributed by atoms with Crippen LogP contribution < -0.4 is 10.6 Å². The zero-order chi connectivity index (χ0) is 18.3. The van der Waals surface area contributed by atoms with Crippen LogP contribution in [0.3, 0.4) is 0 Å². The number of amides is 2. The van der Waals surface area contributed by atoms with Crippen molar-refractivity contribution in [2.45, 2.75) is 6.18 Å². The summed E-state index contributed by atoms with van der Waals surface area (Å²) in [7, 11) is 0. The second kappa shape index (κ2) is 8.86. The molecule has 1 aromatic heterocycles. The van der Waals surface area contributed by atoms with Crippen molar-refractivity contribution in [2.75, 3.05) is 52.4 Å². The molecular weight excluding hydrogens is 341 g/mol. The first-order valence-electron chi connectivity index (χ1n) is 7.93. The first kappa shape index (κ1) is 19.3. The van der Waals surface area contributed by atoms with Crippen LogP contribution in [0.2, 0.25) is 0 Å². The maximum absolute atomic E-state index is 12.0. The summed E-state index contributed by atoms with van der Waals surface area (Å²) >= 11 is 0. The molecule has 2 amide bonds. The Morgan fingerprint density at radius 3 is 2.40 bits per heavy atom. The predicted molar refractivity (Wildman–Crippen MR) is 83.0 cm³/mol. The molecule has 0 aliphatic carbocycles. The molecule has 1 aliphatic heterocycles. The van der Waals surface area contributed by atoms with Crippen LogP contribution in [0.5, 0.6) is 0 Å². The highest BCUT2D eigenvalue weighted by Gasteiger charge is 2.28. The first-order chi connectivity index (χ1) is 11.8. The molecule has 1 aromatic rings. The summed E-state index contributed by atoms with van der Waals surface area (Å²) in [4.78, 5) is 27.1. The molecular formula is C15H21F3N4O3. The van der Waals surface area contributed by atoms with Crippen molar-refractivity contribution >= 4 is 11.8 Å². The molecule has 0 atom stereocenters. The molecule has 2 heterocycles. The number of halogens is 3. The molecule has 140 valence electrons. The molecule has 10 heteroatoms. The van der Waals surface area contributed by atoms with Gasteiger partial charge in [-0.2, -0.15) is 13.2 Å². The van der Waals surface area contributed by atoms with E-state index in [1.807, 2.05) is 10.2 Å². The molecule has 0 saturated carbocycles. The lowest BCUT2D eigenvalue weighted by molar-refractivity contribution is -0.139. The average molecular weight is 362 g/mol. The number of piperazine rings is 1. The van der Waals surface area contributed by atoms with Gasteiger partial charge in [0.15, 0.2) is 5.76 Å². The maximum atomic E-state index is 12.0. The fraction of sp³-hybridized carbons (Fsp3) is 0.600. The van der Waals surface area contributed by atoms with Crippen LogP contribution >= 0.6 is 0 Å². The third-order valence-electron chi connectivity index (χ3n) is 3.78. The molecule has 0 spiro atoms. The van der Waals surface area contributed by atoms with Gasteiger partial charge in [0.1, 0.15) is 6.54 Å². The minimum atomic E-state index is -4.39. The maximum Gasteiger partial charge on any atom is 0.405 e. The summed E-state index contributed by atoms with van der Waals surface area (Å²) in [5.41, 5.74) is 0. The summed E-state index contributed by atoms with van der Waals surface area (Å²) in [6.45, 7) is 2.32. The quantitative estimate of drug-likeness (QED) is 0.730. The predicted octanol–water partition coefficient (Wildman–Crippen LogP) is 0.306. The Morgan fingerprint density at radius 1 is 1.12 bits per heavy atom. The second-order valence-electron chi connectivity index (χ2n) is 5.74. The highest BCUT2D eigenvalue weighted by Crippen LogP contribution is 2.12. The van der Waals surface area contributed by atoms with Crippen LogP contribution in [0.4, 0.5) is 13.2 Å². The molecule has 25 heavy (non-hydrogen) atoms. The van der Waals surface area contributed by atoms with Crippen LogP contribution in [-0.2, 0) is 4.79 Å². The number of carbonyl (C=O) groups excluding carboxylic acids is 2. The lowest BCUT2D eigenvalue weighted by atomic mass is 10.3. The lowest BCUT2D eigenvalue weighted by Crippen LogP contribution is -2.51. The van der Waals surface area contributed by atoms with E-state index in [1.54, 1.807) is 12.1 Å². The van der Waals surface area contributed by atoms with Gasteiger partial charge >= 0.3 is 6.18 Å². The number of rotatable bonds is 7. The van der Waals surface area contributed by atoms with Gasteiger partial charge in [-0.05, 0) is 12.1 Å². The Morgan fingerprint density at radius 2 is 1.80 bits per heavy atom. The highest BCUT2D eigenvalue weighted by atomic mass is 19.4. The smallest absolute Gasteiger partial charge is 0.405 e. The van der Waals surface area contributed by atoms with Gasteiger partial charge in [0.2, 0.25) is 5.91 Å². The molecule has 1 saturated heterocycles. The van der Waals surface area contributed by atoms with Crippen LogP contribution in [0, 0.1) is 0 Å². The SMILES string of the molecule is O=C(CN1CCN(CCNC(=O)c2ccco2)CC1)NCC(F)(F)F. The van der Waals surface area contributed by atoms with Crippen LogP contribution in [0.1, 0.15) is 10.6 Å². The fourth-order valence-electron chi connectivity index (χ4n) is 2.45. The van der Waals surface area contributed by atoms with E-state index in [9.17, 15) is 22.8 Å². The van der Waals surface area contributed by atoms with E-state index in [1.165, 1.54) is 6.26 Å². The molecule has 1 aliphatic rings. The Kier molecular flexibility index (Phi) is 6.82. The minimum Gasteiger partial charge on any atom is -0.459 e. The fourth-order valence-corrected chi connectivity index (χ4v) is 2.45. The van der Waals surface area contributed by atoms with Gasteiger partial charge in [-0.1, -0.05) is 0 Å². The van der Waals surface area contributed by atoms with Crippen molar-refractivity contribution in [1.29, 1.82) is 0 Å². The monoisotopic (exact) mass is 362 g/mol. The van der Waals surface area contributed by atoms with Gasteiger partial charge in [-0.3, -0.25) is 19.4 Å². The Hall–Kier alpha value is -2.07. The van der Waals surface area contributed by atoms with E-state index < -0.39 is 18.6 Å². The molecule has 2 rings (SSSR count). The van der Waals surface area contributed by atoms with Crippen LogP contribution in [-0.4, -0.2) is 80.1 Å². The third-order valence-corrected chi connectivity index (χ3v) is 3.78. The van der Waals surface area contributed by atoms with E-state index in [0.29, 0.717) is 39.3 Å². The minimum absolute atomic E-state index is 0.0425. The standard InChI is InChI=1S/C15H21F3N4O3/c16-15(17,18)11-20-13(23)10-22-7-5-21(6-8-22)4-3-19-14(24)12-2-1-9-25-12/h1-2,9H,3-8,10-11H2,(H,19,24)(H,20,23). The van der Waals surface area contributed by atoms with E-state index in [0.717, 1.165) is 0 Å². The first-order valence-corrected chi connectivity index (χ1v) is 7.93. The summed E-state index contributed by atoms with van der Waals surface area (Å²) in [5, 5.41) is 4.61. The van der Waals surface area contributed by atoms with E-state index in [2.05, 4.69) is 10.2 Å². The van der Waals surface area contributed by atoms with Gasteiger partial charge < -0.3 is 15.1 Å². The average Bonchev–Trinajstić information content (AvgIpc) is 3.08. The number of alkyl halides is 3. The third kappa shape index (κ3) is 7.14. The Balaban J connectivity index is 1.58.